The summed E-state index contributed by atoms with van der Waals surface area (Å²) in [7, 11) is 6.80. The Morgan fingerprint density at radius 1 is 1.14 bits per heavy atom. The zero-order valence-electron chi connectivity index (χ0n) is 12.7. The smallest absolute Gasteiger partial charge is 0.341 e. The number of hydrogen-bond acceptors (Lipinski definition) is 6. The quantitative estimate of drug-likeness (QED) is 0.630. The average Bonchev–Trinajstić information content (AvgIpc) is 2.60. The van der Waals surface area contributed by atoms with Gasteiger partial charge in [-0.1, -0.05) is 0 Å². The van der Waals surface area contributed by atoms with Gasteiger partial charge in [-0.2, -0.15) is 0 Å². The highest BCUT2D eigenvalue weighted by Crippen LogP contribution is 2.36. The number of benzene rings is 1. The lowest BCUT2D eigenvalue weighted by Crippen LogP contribution is -2.37. The molecule has 1 aliphatic heterocycles. The normalized spacial score (nSPS) is 15.0. The number of anilines is 1. The van der Waals surface area contributed by atoms with E-state index in [1.54, 1.807) is 14.2 Å². The number of rotatable bonds is 4. The molecule has 0 bridgehead atoms. The van der Waals surface area contributed by atoms with Crippen LogP contribution in [0, 0.1) is 7.11 Å². The van der Waals surface area contributed by atoms with Crippen molar-refractivity contribution < 1.29 is 18.9 Å². The number of hydrogen-bond donors (Lipinski definition) is 0. The predicted octanol–water partition coefficient (Wildman–Crippen LogP) is 1.52. The van der Waals surface area contributed by atoms with Gasteiger partial charge in [0.05, 0.1) is 33.0 Å². The molecule has 0 amide bonds. The van der Waals surface area contributed by atoms with Crippen molar-refractivity contribution in [3.63, 3.8) is 0 Å². The van der Waals surface area contributed by atoms with Crippen LogP contribution in [0.25, 0.3) is 10.9 Å². The first-order valence-corrected chi connectivity index (χ1v) is 7.00. The number of aliphatic hydroxyl groups is 1. The third-order valence-electron chi connectivity index (χ3n) is 3.61. The van der Waals surface area contributed by atoms with Crippen molar-refractivity contribution in [3.05, 3.63) is 19.2 Å². The van der Waals surface area contributed by atoms with Gasteiger partial charge in [-0.3, -0.25) is 0 Å². The molecule has 0 radical (unpaired) electrons. The molecule has 1 aromatic heterocycles. The molecule has 0 aliphatic carbocycles. The van der Waals surface area contributed by atoms with Crippen LogP contribution in [0.5, 0.6) is 17.4 Å². The van der Waals surface area contributed by atoms with Gasteiger partial charge in [0.25, 0.3) is 0 Å². The Kier molecular flexibility index (Phi) is 4.15. The molecule has 0 atom stereocenters. The Morgan fingerprint density at radius 3 is 2.45 bits per heavy atom. The molecule has 7 heteroatoms. The molecule has 1 fully saturated rings. The van der Waals surface area contributed by atoms with E-state index in [4.69, 9.17) is 14.2 Å². The van der Waals surface area contributed by atoms with Crippen LogP contribution in [0.15, 0.2) is 12.1 Å². The zero-order valence-corrected chi connectivity index (χ0v) is 12.7. The summed E-state index contributed by atoms with van der Waals surface area (Å²) >= 11 is 0. The van der Waals surface area contributed by atoms with Gasteiger partial charge < -0.3 is 23.8 Å². The summed E-state index contributed by atoms with van der Waals surface area (Å²) in [5.74, 6) is 2.40. The Balaban J connectivity index is 2.12. The highest BCUT2D eigenvalue weighted by Gasteiger charge is 2.20. The Bertz CT molecular complexity index is 671. The van der Waals surface area contributed by atoms with E-state index in [0.29, 0.717) is 36.5 Å². The highest BCUT2D eigenvalue weighted by atomic mass is 16.5. The van der Waals surface area contributed by atoms with Crippen LogP contribution in [0.4, 0.5) is 5.95 Å². The Hall–Kier alpha value is -2.28. The summed E-state index contributed by atoms with van der Waals surface area (Å²) < 4.78 is 20.1. The third kappa shape index (κ3) is 2.59. The van der Waals surface area contributed by atoms with Crippen LogP contribution in [0.3, 0.4) is 0 Å². The van der Waals surface area contributed by atoms with Gasteiger partial charge in [0.2, 0.25) is 5.95 Å². The van der Waals surface area contributed by atoms with E-state index in [2.05, 4.69) is 26.7 Å². The van der Waals surface area contributed by atoms with Gasteiger partial charge >= 0.3 is 5.88 Å². The van der Waals surface area contributed by atoms with E-state index in [1.807, 2.05) is 12.1 Å². The van der Waals surface area contributed by atoms with Gasteiger partial charge in [-0.05, 0) is 7.11 Å². The Labute approximate surface area is 128 Å². The summed E-state index contributed by atoms with van der Waals surface area (Å²) in [5.41, 5.74) is 0.747. The van der Waals surface area contributed by atoms with Crippen molar-refractivity contribution in [2.24, 2.45) is 0 Å². The predicted molar refractivity (Wildman–Crippen MR) is 82.7 cm³/mol. The average molecular weight is 305 g/mol. The van der Waals surface area contributed by atoms with Crippen molar-refractivity contribution in [1.82, 2.24) is 9.97 Å². The molecule has 0 spiro atoms. The molecule has 1 aliphatic rings. The highest BCUT2D eigenvalue weighted by molar-refractivity contribution is 5.87. The minimum absolute atomic E-state index is 0.535. The van der Waals surface area contributed by atoms with Crippen LogP contribution >= 0.6 is 0 Å². The second-order valence-corrected chi connectivity index (χ2v) is 4.83. The number of aromatic nitrogens is 2. The maximum Gasteiger partial charge on any atom is 0.341 e. The van der Waals surface area contributed by atoms with Crippen molar-refractivity contribution in [2.75, 3.05) is 45.4 Å². The topological polar surface area (TPSA) is 69.5 Å². The second-order valence-electron chi connectivity index (χ2n) is 4.83. The van der Waals surface area contributed by atoms with Crippen LogP contribution in [-0.2, 0) is 4.74 Å². The first-order chi connectivity index (χ1) is 10.8. The van der Waals surface area contributed by atoms with Gasteiger partial charge in [0, 0.05) is 25.2 Å². The zero-order chi connectivity index (χ0) is 15.5. The third-order valence-corrected chi connectivity index (χ3v) is 3.61. The number of aromatic hydroxyl groups is 1. The first kappa shape index (κ1) is 14.6. The van der Waals surface area contributed by atoms with Crippen LogP contribution in [0.1, 0.15) is 0 Å². The van der Waals surface area contributed by atoms with E-state index in [9.17, 15) is 0 Å². The molecule has 0 saturated carbocycles. The molecule has 7 nitrogen and oxygen atoms in total. The number of fused-ring (bicyclic) bond motifs is 1. The molecule has 0 unspecified atom stereocenters. The maximum atomic E-state index is 5.36. The Morgan fingerprint density at radius 2 is 1.82 bits per heavy atom. The van der Waals surface area contributed by atoms with Crippen molar-refractivity contribution in [2.45, 2.75) is 0 Å². The fourth-order valence-corrected chi connectivity index (χ4v) is 2.45. The summed E-state index contributed by atoms with van der Waals surface area (Å²) in [6, 6.07) is 3.65. The van der Waals surface area contributed by atoms with Crippen LogP contribution in [0.2, 0.25) is 0 Å². The minimum atomic E-state index is 0.535. The van der Waals surface area contributed by atoms with E-state index >= 15 is 0 Å². The van der Waals surface area contributed by atoms with Crippen molar-refractivity contribution in [3.8, 4) is 17.4 Å². The largest absolute Gasteiger partial charge is 0.707 e. The van der Waals surface area contributed by atoms with Gasteiger partial charge in [-0.25, -0.2) is 4.98 Å². The molecule has 3 rings (SSSR count). The molecule has 2 aromatic rings. The molecule has 22 heavy (non-hydrogen) atoms. The molecule has 2 heterocycles. The number of morpholine rings is 1. The number of ether oxygens (including phenoxy) is 4. The van der Waals surface area contributed by atoms with E-state index < -0.39 is 0 Å². The van der Waals surface area contributed by atoms with E-state index in [0.717, 1.165) is 24.0 Å². The summed E-state index contributed by atoms with van der Waals surface area (Å²) in [6.45, 7) is 2.86. The summed E-state index contributed by atoms with van der Waals surface area (Å²) in [5, 5.41) is 0.782. The standard InChI is InChI=1S/C15H19N3O4/c1-19-12-8-10-11(9-13(12)20-2)16-15(17-14(10)21-3)18-4-6-22-7-5-18/h8-9,21H,3-7H2,1-2H3. The maximum absolute atomic E-state index is 5.36. The number of methoxy groups -OCH3 is 2. The lowest BCUT2D eigenvalue weighted by molar-refractivity contribution is 0.121. The van der Waals surface area contributed by atoms with Crippen molar-refractivity contribution in [1.29, 1.82) is 0 Å². The SMILES string of the molecule is [CH2-][OH+]c1nc(N2CCOCC2)nc2cc(OC)c(OC)cc12. The number of nitrogens with zero attached hydrogens (tertiary/aromatic N) is 3. The second kappa shape index (κ2) is 6.23. The molecular weight excluding hydrogens is 286 g/mol. The summed E-state index contributed by atoms with van der Waals surface area (Å²) in [6.07, 6.45) is 0. The van der Waals surface area contributed by atoms with Crippen molar-refractivity contribution >= 4 is 16.9 Å². The fraction of sp³-hybridized carbons (Fsp3) is 0.400. The molecule has 1 saturated heterocycles. The van der Waals surface area contributed by atoms with E-state index in [1.165, 1.54) is 0 Å². The van der Waals surface area contributed by atoms with Crippen LogP contribution in [-0.4, -0.2) is 55.2 Å². The van der Waals surface area contributed by atoms with E-state index in [-0.39, 0.29) is 0 Å². The monoisotopic (exact) mass is 305 g/mol. The van der Waals surface area contributed by atoms with Gasteiger partial charge in [-0.15, -0.1) is 4.98 Å². The van der Waals surface area contributed by atoms with Gasteiger partial charge in [0.15, 0.2) is 11.5 Å². The first-order valence-electron chi connectivity index (χ1n) is 7.00. The van der Waals surface area contributed by atoms with Gasteiger partial charge in [0.1, 0.15) is 5.39 Å². The lowest BCUT2D eigenvalue weighted by Gasteiger charge is -2.27. The van der Waals surface area contributed by atoms with Crippen LogP contribution < -0.4 is 14.4 Å². The molecule has 118 valence electrons. The lowest BCUT2D eigenvalue weighted by atomic mass is 10.2. The molecule has 1 aromatic carbocycles. The molecular formula is C15H19N3O4. The summed E-state index contributed by atoms with van der Waals surface area (Å²) in [4.78, 5) is 11.2. The molecule has 1 N–H and O–H groups in total. The minimum Gasteiger partial charge on any atom is -0.707 e. The fourth-order valence-electron chi connectivity index (χ4n) is 2.45.